The van der Waals surface area contributed by atoms with Gasteiger partial charge in [0.2, 0.25) is 0 Å². The first-order valence-corrected chi connectivity index (χ1v) is 12.0. The van der Waals surface area contributed by atoms with Gasteiger partial charge in [-0.2, -0.15) is 0 Å². The van der Waals surface area contributed by atoms with E-state index in [-0.39, 0.29) is 17.5 Å². The van der Waals surface area contributed by atoms with Crippen molar-refractivity contribution in [1.82, 2.24) is 0 Å². The van der Waals surface area contributed by atoms with Crippen LogP contribution in [0.1, 0.15) is 82.7 Å². The third-order valence-electron chi connectivity index (χ3n) is 8.83. The summed E-state index contributed by atoms with van der Waals surface area (Å²) >= 11 is 0. The van der Waals surface area contributed by atoms with Gasteiger partial charge in [0, 0.05) is 16.7 Å². The zero-order chi connectivity index (χ0) is 25.9. The number of carbonyl (C=O) groups excluding carboxylic acids is 1. The molecule has 0 bridgehead atoms. The molecule has 3 aromatic rings. The molecule has 0 saturated carbocycles. The van der Waals surface area contributed by atoms with E-state index in [1.165, 1.54) is 0 Å². The molecule has 1 spiro atoms. The SMILES string of the molecule is Cc1c(C)c(C)c2c(c1C)C(=O)OC21c2c(C)c(C)c(O)c(C)c2Oc2c(C)c(O)c(C)c(C)c21. The van der Waals surface area contributed by atoms with Gasteiger partial charge in [-0.3, -0.25) is 0 Å². The maximum atomic E-state index is 13.7. The van der Waals surface area contributed by atoms with Gasteiger partial charge in [0.15, 0.2) is 5.60 Å². The van der Waals surface area contributed by atoms with E-state index < -0.39 is 5.60 Å². The highest BCUT2D eigenvalue weighted by atomic mass is 16.6. The maximum Gasteiger partial charge on any atom is 0.340 e. The second-order valence-electron chi connectivity index (χ2n) is 10.3. The first kappa shape index (κ1) is 23.3. The van der Waals surface area contributed by atoms with Gasteiger partial charge in [-0.1, -0.05) is 0 Å². The van der Waals surface area contributed by atoms with E-state index >= 15 is 0 Å². The predicted molar refractivity (Wildman–Crippen MR) is 135 cm³/mol. The first-order valence-electron chi connectivity index (χ1n) is 12.0. The number of hydrogen-bond donors (Lipinski definition) is 2. The lowest BCUT2D eigenvalue weighted by Crippen LogP contribution is -2.36. The van der Waals surface area contributed by atoms with E-state index in [1.807, 2.05) is 62.3 Å². The molecule has 2 heterocycles. The smallest absolute Gasteiger partial charge is 0.340 e. The van der Waals surface area contributed by atoms with Crippen LogP contribution in [0.25, 0.3) is 0 Å². The number of esters is 1. The van der Waals surface area contributed by atoms with Crippen LogP contribution in [-0.2, 0) is 10.3 Å². The fourth-order valence-corrected chi connectivity index (χ4v) is 6.15. The minimum Gasteiger partial charge on any atom is -0.507 e. The normalized spacial score (nSPS) is 15.0. The molecule has 0 radical (unpaired) electrons. The Bertz CT molecular complexity index is 1450. The van der Waals surface area contributed by atoms with E-state index in [1.54, 1.807) is 0 Å². The third-order valence-corrected chi connectivity index (χ3v) is 8.83. The minimum absolute atomic E-state index is 0.156. The second-order valence-corrected chi connectivity index (χ2v) is 10.3. The fourth-order valence-electron chi connectivity index (χ4n) is 6.15. The van der Waals surface area contributed by atoms with Crippen LogP contribution in [0.2, 0.25) is 0 Å². The Labute approximate surface area is 206 Å². The van der Waals surface area contributed by atoms with Crippen molar-refractivity contribution in [2.45, 2.75) is 74.8 Å². The fraction of sp³-hybridized carbons (Fsp3) is 0.367. The monoisotopic (exact) mass is 472 g/mol. The van der Waals surface area contributed by atoms with Crippen LogP contribution in [-0.4, -0.2) is 16.2 Å². The van der Waals surface area contributed by atoms with Crippen LogP contribution in [0, 0.1) is 69.2 Å². The van der Waals surface area contributed by atoms with E-state index in [2.05, 4.69) is 6.92 Å². The van der Waals surface area contributed by atoms with Crippen molar-refractivity contribution >= 4 is 5.97 Å². The summed E-state index contributed by atoms with van der Waals surface area (Å²) < 4.78 is 13.1. The minimum atomic E-state index is -1.26. The first-order chi connectivity index (χ1) is 16.3. The summed E-state index contributed by atoms with van der Waals surface area (Å²) in [6.07, 6.45) is 0. The van der Waals surface area contributed by atoms with Crippen LogP contribution in [0.15, 0.2) is 0 Å². The zero-order valence-corrected chi connectivity index (χ0v) is 22.1. The maximum absolute atomic E-state index is 13.7. The highest BCUT2D eigenvalue weighted by Gasteiger charge is 2.58. The number of phenols is 2. The van der Waals surface area contributed by atoms with Crippen molar-refractivity contribution in [2.24, 2.45) is 0 Å². The highest BCUT2D eigenvalue weighted by Crippen LogP contribution is 2.63. The van der Waals surface area contributed by atoms with Gasteiger partial charge < -0.3 is 19.7 Å². The topological polar surface area (TPSA) is 76.0 Å². The number of ether oxygens (including phenoxy) is 2. The molecule has 0 saturated heterocycles. The average Bonchev–Trinajstić information content (AvgIpc) is 3.12. The molecule has 5 heteroatoms. The number of benzene rings is 3. The van der Waals surface area contributed by atoms with Gasteiger partial charge in [0.05, 0.1) is 16.7 Å². The van der Waals surface area contributed by atoms with Crippen molar-refractivity contribution < 1.29 is 24.5 Å². The molecule has 0 atom stereocenters. The van der Waals surface area contributed by atoms with E-state index in [0.29, 0.717) is 28.2 Å². The molecule has 2 aliphatic rings. The summed E-state index contributed by atoms with van der Waals surface area (Å²) in [5.41, 5.74) is 9.96. The molecule has 0 fully saturated rings. The van der Waals surface area contributed by atoms with Crippen molar-refractivity contribution in [3.8, 4) is 23.0 Å². The molecule has 0 aliphatic carbocycles. The molecular formula is C30H32O5. The molecule has 2 N–H and O–H groups in total. The van der Waals surface area contributed by atoms with Gasteiger partial charge in [0.1, 0.15) is 23.0 Å². The van der Waals surface area contributed by atoms with E-state index in [9.17, 15) is 15.0 Å². The van der Waals surface area contributed by atoms with Crippen molar-refractivity contribution in [2.75, 3.05) is 0 Å². The molecule has 3 aromatic carbocycles. The summed E-state index contributed by atoms with van der Waals surface area (Å²) in [7, 11) is 0. The Morgan fingerprint density at radius 3 is 1.37 bits per heavy atom. The molecule has 0 aromatic heterocycles. The number of rotatable bonds is 0. The molecule has 0 unspecified atom stereocenters. The van der Waals surface area contributed by atoms with Crippen molar-refractivity contribution in [3.63, 3.8) is 0 Å². The quantitative estimate of drug-likeness (QED) is 0.354. The largest absolute Gasteiger partial charge is 0.507 e. The second kappa shape index (κ2) is 7.03. The van der Waals surface area contributed by atoms with Crippen molar-refractivity contribution in [1.29, 1.82) is 0 Å². The van der Waals surface area contributed by atoms with Crippen LogP contribution in [0.3, 0.4) is 0 Å². The number of phenolic OH excluding ortho intramolecular Hbond substituents is 2. The Morgan fingerprint density at radius 1 is 0.514 bits per heavy atom. The summed E-state index contributed by atoms with van der Waals surface area (Å²) in [6.45, 7) is 19.4. The van der Waals surface area contributed by atoms with Crippen molar-refractivity contribution in [3.05, 3.63) is 77.9 Å². The van der Waals surface area contributed by atoms with Gasteiger partial charge in [-0.25, -0.2) is 4.79 Å². The third kappa shape index (κ3) is 2.51. The molecule has 0 amide bonds. The average molecular weight is 473 g/mol. The van der Waals surface area contributed by atoms with Crippen LogP contribution in [0.5, 0.6) is 23.0 Å². The lowest BCUT2D eigenvalue weighted by atomic mass is 9.69. The summed E-state index contributed by atoms with van der Waals surface area (Å²) in [5, 5.41) is 21.9. The summed E-state index contributed by atoms with van der Waals surface area (Å²) in [6, 6.07) is 0. The number of carbonyl (C=O) groups is 1. The van der Waals surface area contributed by atoms with Gasteiger partial charge >= 0.3 is 5.97 Å². The number of aromatic hydroxyl groups is 2. The number of fused-ring (bicyclic) bond motifs is 6. The Morgan fingerprint density at radius 2 is 0.914 bits per heavy atom. The van der Waals surface area contributed by atoms with E-state index in [4.69, 9.17) is 9.47 Å². The van der Waals surface area contributed by atoms with Crippen LogP contribution < -0.4 is 4.74 Å². The van der Waals surface area contributed by atoms with Gasteiger partial charge in [-0.05, 0) is 114 Å². The summed E-state index contributed by atoms with van der Waals surface area (Å²) in [5.74, 6) is 0.888. The Hall–Kier alpha value is -3.47. The lowest BCUT2D eigenvalue weighted by Gasteiger charge is -2.41. The predicted octanol–water partition coefficient (Wildman–Crippen LogP) is 6.75. The summed E-state index contributed by atoms with van der Waals surface area (Å²) in [4.78, 5) is 13.7. The number of hydrogen-bond acceptors (Lipinski definition) is 5. The highest BCUT2D eigenvalue weighted by molar-refractivity contribution is 6.00. The Balaban J connectivity index is 2.13. The molecule has 5 rings (SSSR count). The van der Waals surface area contributed by atoms with Gasteiger partial charge in [0.25, 0.3) is 0 Å². The Kier molecular flexibility index (Phi) is 4.68. The molecular weight excluding hydrogens is 440 g/mol. The van der Waals surface area contributed by atoms with E-state index in [0.717, 1.165) is 61.2 Å². The molecule has 5 nitrogen and oxygen atoms in total. The van der Waals surface area contributed by atoms with Gasteiger partial charge in [-0.15, -0.1) is 0 Å². The lowest BCUT2D eigenvalue weighted by molar-refractivity contribution is 0.0217. The zero-order valence-electron chi connectivity index (χ0n) is 22.1. The standard InChI is InChI=1S/C30H32O5/c1-11-12(2)14(4)22-21(13(11)3)29(33)35-30(22)23-15(5)17(7)25(31)19(9)27(23)34-28-20(10)26(32)18(8)16(6)24(28)30/h31-32H,1-10H3. The molecule has 35 heavy (non-hydrogen) atoms. The van der Waals surface area contributed by atoms with Crippen LogP contribution in [0.4, 0.5) is 0 Å². The molecule has 2 aliphatic heterocycles. The van der Waals surface area contributed by atoms with Crippen LogP contribution >= 0.6 is 0 Å². The molecule has 182 valence electrons.